The van der Waals surface area contributed by atoms with Crippen molar-refractivity contribution in [2.75, 3.05) is 11.4 Å². The number of carbonyl (C=O) groups excluding carboxylic acids is 2. The van der Waals surface area contributed by atoms with E-state index in [2.05, 4.69) is 48.6 Å². The van der Waals surface area contributed by atoms with Gasteiger partial charge < -0.3 is 14.4 Å². The molecule has 5 rings (SSSR count). The minimum atomic E-state index is -0.246. The highest BCUT2D eigenvalue weighted by molar-refractivity contribution is 6.31. The van der Waals surface area contributed by atoms with Gasteiger partial charge in [0.2, 0.25) is 5.95 Å². The maximum atomic E-state index is 13.2. The summed E-state index contributed by atoms with van der Waals surface area (Å²) in [6, 6.07) is 7.47. The van der Waals surface area contributed by atoms with Crippen LogP contribution in [0.1, 0.15) is 62.9 Å². The summed E-state index contributed by atoms with van der Waals surface area (Å²) in [4.78, 5) is 35.6. The van der Waals surface area contributed by atoms with Crippen molar-refractivity contribution in [2.45, 2.75) is 59.1 Å². The second-order valence-corrected chi connectivity index (χ2v) is 12.1. The molecule has 188 valence electrons. The maximum absolute atomic E-state index is 13.2. The van der Waals surface area contributed by atoms with Gasteiger partial charge in [0, 0.05) is 54.2 Å². The molecule has 7 nitrogen and oxygen atoms in total. The number of ketones is 1. The molecule has 0 radical (unpaired) electrons. The molecular weight excluding hydrogens is 476 g/mol. The number of piperidine rings is 1. The normalized spacial score (nSPS) is 29.3. The van der Waals surface area contributed by atoms with Gasteiger partial charge in [0.25, 0.3) is 0 Å². The van der Waals surface area contributed by atoms with Gasteiger partial charge in [-0.3, -0.25) is 4.79 Å². The summed E-state index contributed by atoms with van der Waals surface area (Å²) in [6.07, 6.45) is 6.50. The van der Waals surface area contributed by atoms with Crippen molar-refractivity contribution in [1.29, 1.82) is 5.26 Å². The molecule has 0 spiro atoms. The predicted octanol–water partition coefficient (Wildman–Crippen LogP) is 5.12. The van der Waals surface area contributed by atoms with Gasteiger partial charge >= 0.3 is 0 Å². The summed E-state index contributed by atoms with van der Waals surface area (Å²) >= 11 is 6.19. The third kappa shape index (κ3) is 3.96. The van der Waals surface area contributed by atoms with Gasteiger partial charge in [-0.05, 0) is 36.8 Å². The molecule has 1 saturated heterocycles. The quantitative estimate of drug-likeness (QED) is 0.380. The number of carbonyl (C=O) groups is 2. The third-order valence-electron chi connectivity index (χ3n) is 8.84. The smallest absolute Gasteiger partial charge is 0.225 e. The number of hydrogen-bond donors (Lipinski definition) is 0. The van der Waals surface area contributed by atoms with Crippen LogP contribution in [-0.2, 0) is 4.79 Å². The topological polar surface area (TPSA) is 96.2 Å². The molecule has 0 amide bonds. The summed E-state index contributed by atoms with van der Waals surface area (Å²) in [5.74, 6) is 1.93. The van der Waals surface area contributed by atoms with Crippen LogP contribution in [0.2, 0.25) is 5.02 Å². The Labute approximate surface area is 216 Å². The number of fused-ring (bicyclic) bond motifs is 2. The van der Waals surface area contributed by atoms with Crippen LogP contribution in [0.5, 0.6) is 5.75 Å². The lowest BCUT2D eigenvalue weighted by Gasteiger charge is -2.63. The minimum absolute atomic E-state index is 0.0246. The van der Waals surface area contributed by atoms with E-state index in [1.165, 1.54) is 0 Å². The second-order valence-electron chi connectivity index (χ2n) is 11.7. The summed E-state index contributed by atoms with van der Waals surface area (Å²) in [7, 11) is 0. The molecule has 3 fully saturated rings. The number of halogens is 1. The molecule has 0 unspecified atom stereocenters. The molecule has 2 heterocycles. The Hall–Kier alpha value is -2.98. The van der Waals surface area contributed by atoms with Crippen molar-refractivity contribution in [3.05, 3.63) is 46.7 Å². The van der Waals surface area contributed by atoms with Crippen LogP contribution in [0.3, 0.4) is 0 Å². The van der Waals surface area contributed by atoms with Gasteiger partial charge in [0.15, 0.2) is 5.78 Å². The number of anilines is 1. The zero-order chi connectivity index (χ0) is 25.8. The standard InChI is InChI=1S/C28H31ClN4O3/c1-27(2)24(28(3,4)25(27)36-21-6-5-16(11-30)22(29)9-21)10-23(35)19-12-31-26(32-13-19)33-14-17-7-20(33)8-18(17)15-34/h5-6,9,12-13,15,17-18,20,24-25H,7-8,10,14H2,1-4H3/t17-,18+,20-,24?,25?/m1/s1. The molecule has 1 aliphatic heterocycles. The van der Waals surface area contributed by atoms with Crippen LogP contribution in [0.25, 0.3) is 0 Å². The number of aromatic nitrogens is 2. The highest BCUT2D eigenvalue weighted by Crippen LogP contribution is 2.61. The van der Waals surface area contributed by atoms with Crippen LogP contribution >= 0.6 is 11.6 Å². The lowest BCUT2D eigenvalue weighted by atomic mass is 9.44. The molecule has 2 aromatic rings. The first-order valence-electron chi connectivity index (χ1n) is 12.5. The Morgan fingerprint density at radius 2 is 1.92 bits per heavy atom. The number of Topliss-reactive ketones (excluding diaryl/α,β-unsaturated/α-hetero) is 1. The first kappa shape index (κ1) is 24.7. The van der Waals surface area contributed by atoms with Crippen molar-refractivity contribution in [3.8, 4) is 11.8 Å². The van der Waals surface area contributed by atoms with Crippen LogP contribution in [-0.4, -0.2) is 40.7 Å². The van der Waals surface area contributed by atoms with E-state index in [0.29, 0.717) is 46.2 Å². The van der Waals surface area contributed by atoms with Crippen LogP contribution < -0.4 is 9.64 Å². The van der Waals surface area contributed by atoms with Gasteiger partial charge in [-0.2, -0.15) is 5.26 Å². The molecule has 2 bridgehead atoms. The van der Waals surface area contributed by atoms with E-state index in [9.17, 15) is 9.59 Å². The highest BCUT2D eigenvalue weighted by atomic mass is 35.5. The molecule has 2 saturated carbocycles. The van der Waals surface area contributed by atoms with E-state index in [1.54, 1.807) is 30.6 Å². The fraction of sp³-hybridized carbons (Fsp3) is 0.536. The van der Waals surface area contributed by atoms with Gasteiger partial charge in [0.05, 0.1) is 16.1 Å². The van der Waals surface area contributed by atoms with Crippen LogP contribution in [0.4, 0.5) is 5.95 Å². The van der Waals surface area contributed by atoms with E-state index in [0.717, 1.165) is 25.7 Å². The molecular formula is C28H31ClN4O3. The fourth-order valence-electron chi connectivity index (χ4n) is 7.13. The number of aldehydes is 1. The number of benzene rings is 1. The van der Waals surface area contributed by atoms with E-state index in [-0.39, 0.29) is 34.6 Å². The Balaban J connectivity index is 1.24. The second kappa shape index (κ2) is 8.85. The molecule has 1 aromatic heterocycles. The number of nitrogens with zero attached hydrogens (tertiary/aromatic N) is 4. The Morgan fingerprint density at radius 1 is 1.22 bits per heavy atom. The summed E-state index contributed by atoms with van der Waals surface area (Å²) in [5, 5.41) is 9.48. The number of ether oxygens (including phenoxy) is 1. The van der Waals surface area contributed by atoms with E-state index in [1.807, 2.05) is 0 Å². The molecule has 8 heteroatoms. The van der Waals surface area contributed by atoms with E-state index in [4.69, 9.17) is 21.6 Å². The van der Waals surface area contributed by atoms with Crippen molar-refractivity contribution in [3.63, 3.8) is 0 Å². The van der Waals surface area contributed by atoms with Crippen molar-refractivity contribution in [2.24, 2.45) is 28.6 Å². The fourth-order valence-corrected chi connectivity index (χ4v) is 7.35. The van der Waals surface area contributed by atoms with Gasteiger partial charge in [-0.1, -0.05) is 39.3 Å². The lowest BCUT2D eigenvalue weighted by molar-refractivity contribution is -0.196. The molecule has 3 atom stereocenters. The Kier molecular flexibility index (Phi) is 6.07. The highest BCUT2D eigenvalue weighted by Gasteiger charge is 2.63. The first-order chi connectivity index (χ1) is 17.1. The lowest BCUT2D eigenvalue weighted by Crippen LogP contribution is -2.66. The number of hydrogen-bond acceptors (Lipinski definition) is 7. The molecule has 0 N–H and O–H groups in total. The van der Waals surface area contributed by atoms with Crippen molar-refractivity contribution < 1.29 is 14.3 Å². The summed E-state index contributed by atoms with van der Waals surface area (Å²) < 4.78 is 6.33. The predicted molar refractivity (Wildman–Crippen MR) is 136 cm³/mol. The van der Waals surface area contributed by atoms with E-state index < -0.39 is 0 Å². The largest absolute Gasteiger partial charge is 0.489 e. The first-order valence-corrected chi connectivity index (χ1v) is 12.9. The maximum Gasteiger partial charge on any atom is 0.225 e. The van der Waals surface area contributed by atoms with Gasteiger partial charge in [-0.25, -0.2) is 9.97 Å². The van der Waals surface area contributed by atoms with Crippen LogP contribution in [0.15, 0.2) is 30.6 Å². The molecule has 36 heavy (non-hydrogen) atoms. The van der Waals surface area contributed by atoms with Crippen LogP contribution in [0, 0.1) is 39.9 Å². The van der Waals surface area contributed by atoms with Crippen molar-refractivity contribution >= 4 is 29.6 Å². The van der Waals surface area contributed by atoms with E-state index >= 15 is 0 Å². The molecule has 1 aromatic carbocycles. The SMILES string of the molecule is CC1(C)C(CC(=O)c2cnc(N3C[C@H]4C[C@@H]3C[C@H]4C=O)nc2)C(C)(C)C1Oc1ccc(C#N)c(Cl)c1. The zero-order valence-corrected chi connectivity index (χ0v) is 21.8. The average Bonchev–Trinajstić information content (AvgIpc) is 3.46. The number of nitriles is 1. The molecule has 2 aliphatic carbocycles. The third-order valence-corrected chi connectivity index (χ3v) is 9.15. The Morgan fingerprint density at radius 3 is 2.47 bits per heavy atom. The Bertz CT molecular complexity index is 1220. The summed E-state index contributed by atoms with van der Waals surface area (Å²) in [6.45, 7) is 9.31. The van der Waals surface area contributed by atoms with Crippen molar-refractivity contribution in [1.82, 2.24) is 9.97 Å². The van der Waals surface area contributed by atoms with Gasteiger partial charge in [0.1, 0.15) is 24.2 Å². The average molecular weight is 507 g/mol. The zero-order valence-electron chi connectivity index (χ0n) is 21.1. The molecule has 3 aliphatic rings. The monoisotopic (exact) mass is 506 g/mol. The summed E-state index contributed by atoms with van der Waals surface area (Å²) in [5.41, 5.74) is 0.438. The number of rotatable bonds is 7. The van der Waals surface area contributed by atoms with Gasteiger partial charge in [-0.15, -0.1) is 0 Å². The minimum Gasteiger partial charge on any atom is -0.489 e.